The number of hydrogen-bond donors (Lipinski definition) is 1. The molecule has 0 radical (unpaired) electrons. The van der Waals surface area contributed by atoms with E-state index in [9.17, 15) is 5.11 Å². The molecule has 0 aliphatic carbocycles. The van der Waals surface area contributed by atoms with Crippen molar-refractivity contribution in [3.63, 3.8) is 0 Å². The fraction of sp³-hybridized carbons (Fsp3) is 0.514. The minimum Gasteiger partial charge on any atom is -0.508 e. The molecule has 3 fully saturated rings. The molecule has 1 N–H and O–H groups in total. The van der Waals surface area contributed by atoms with Crippen LogP contribution in [0.5, 0.6) is 5.75 Å². The number of fused-ring (bicyclic) bond motifs is 4. The van der Waals surface area contributed by atoms with Gasteiger partial charge >= 0.3 is 0 Å². The van der Waals surface area contributed by atoms with E-state index < -0.39 is 0 Å². The van der Waals surface area contributed by atoms with E-state index >= 15 is 0 Å². The first kappa shape index (κ1) is 27.9. The van der Waals surface area contributed by atoms with Crippen LogP contribution in [0.25, 0.3) is 10.9 Å². The van der Waals surface area contributed by atoms with E-state index in [4.69, 9.17) is 4.74 Å². The zero-order chi connectivity index (χ0) is 27.8. The van der Waals surface area contributed by atoms with E-state index in [1.54, 1.807) is 6.07 Å². The summed E-state index contributed by atoms with van der Waals surface area (Å²) in [5, 5.41) is 11.4. The molecule has 0 saturated carbocycles. The van der Waals surface area contributed by atoms with Crippen molar-refractivity contribution in [2.75, 3.05) is 13.1 Å². The third-order valence-corrected chi connectivity index (χ3v) is 9.23. The molecule has 0 amide bonds. The number of benzene rings is 2. The summed E-state index contributed by atoms with van der Waals surface area (Å²) in [5.41, 5.74) is 7.57. The number of phenols is 1. The average Bonchev–Trinajstić information content (AvgIpc) is 2.93. The molecule has 4 heterocycles. The minimum atomic E-state index is -0.115. The molecule has 3 aliphatic rings. The number of nitrogens with zero attached hydrogens (tertiary/aromatic N) is 2. The number of pyridine rings is 1. The SMILES string of the molecule is C=C[C@H]1CN2CC[C@H]1C[C@H]2[C@@H](OCc1c(C(C)C)cc(C(C)C)cc1C(C)C)c1ccnc2ccc(O)cc12. The normalized spacial score (nSPS) is 23.7. The van der Waals surface area contributed by atoms with Crippen LogP contribution in [0.4, 0.5) is 0 Å². The first-order valence-electron chi connectivity index (χ1n) is 14.9. The minimum absolute atomic E-state index is 0.115. The fourth-order valence-corrected chi connectivity index (χ4v) is 6.95. The van der Waals surface area contributed by atoms with E-state index in [1.807, 2.05) is 18.3 Å². The van der Waals surface area contributed by atoms with Crippen LogP contribution in [0.1, 0.15) is 106 Å². The maximum atomic E-state index is 10.4. The van der Waals surface area contributed by atoms with Crippen LogP contribution >= 0.6 is 0 Å². The van der Waals surface area contributed by atoms with E-state index in [0.717, 1.165) is 36.0 Å². The lowest BCUT2D eigenvalue weighted by Gasteiger charge is -2.51. The van der Waals surface area contributed by atoms with Crippen LogP contribution in [-0.4, -0.2) is 34.1 Å². The number of phenolic OH excluding ortho intramolecular Hbond substituents is 1. The monoisotopic (exact) mass is 526 g/mol. The van der Waals surface area contributed by atoms with Gasteiger partial charge in [-0.25, -0.2) is 0 Å². The maximum absolute atomic E-state index is 10.4. The molecular formula is C35H46N2O2. The second-order valence-corrected chi connectivity index (χ2v) is 12.7. The second kappa shape index (κ2) is 11.4. The Morgan fingerprint density at radius 2 is 1.72 bits per heavy atom. The summed E-state index contributed by atoms with van der Waals surface area (Å²) in [6, 6.07) is 12.7. The van der Waals surface area contributed by atoms with Gasteiger partial charge in [-0.05, 0) is 101 Å². The molecule has 4 heteroatoms. The van der Waals surface area contributed by atoms with Gasteiger partial charge in [-0.2, -0.15) is 0 Å². The largest absolute Gasteiger partial charge is 0.508 e. The number of aromatic nitrogens is 1. The Balaban J connectivity index is 1.58. The number of piperidine rings is 3. The van der Waals surface area contributed by atoms with Gasteiger partial charge in [-0.1, -0.05) is 59.8 Å². The Morgan fingerprint density at radius 3 is 2.31 bits per heavy atom. The molecule has 3 saturated heterocycles. The van der Waals surface area contributed by atoms with Crippen LogP contribution in [0.3, 0.4) is 0 Å². The van der Waals surface area contributed by atoms with Crippen molar-refractivity contribution in [3.05, 3.63) is 83.1 Å². The molecule has 3 aliphatic heterocycles. The van der Waals surface area contributed by atoms with E-state index in [0.29, 0.717) is 36.2 Å². The van der Waals surface area contributed by atoms with Crippen molar-refractivity contribution < 1.29 is 9.84 Å². The summed E-state index contributed by atoms with van der Waals surface area (Å²) in [6.45, 7) is 20.6. The standard InChI is InChI=1S/C35H46N2O2/c1-8-24-19-37-14-12-25(24)17-34(37)35(28-11-13-36-33-10-9-27(38)18-31(28)33)39-20-32-29(22(4)5)15-26(21(2)3)16-30(32)23(6)7/h8-11,13,15-16,18,21-25,34-35,38H,1,12,14,17,19-20H2,2-7H3/t24-,25-,34-,35-/m0/s1. The number of ether oxygens (including phenoxy) is 1. The van der Waals surface area contributed by atoms with Crippen LogP contribution in [-0.2, 0) is 11.3 Å². The quantitative estimate of drug-likeness (QED) is 0.284. The summed E-state index contributed by atoms with van der Waals surface area (Å²) in [6.07, 6.45) is 6.26. The third-order valence-electron chi connectivity index (χ3n) is 9.23. The smallest absolute Gasteiger partial charge is 0.116 e. The highest BCUT2D eigenvalue weighted by Crippen LogP contribution is 2.44. The Bertz CT molecular complexity index is 1300. The van der Waals surface area contributed by atoms with Crippen molar-refractivity contribution >= 4 is 10.9 Å². The van der Waals surface area contributed by atoms with Gasteiger partial charge in [0.2, 0.25) is 0 Å². The lowest BCUT2D eigenvalue weighted by atomic mass is 9.73. The third kappa shape index (κ3) is 5.51. The molecule has 2 aromatic carbocycles. The summed E-state index contributed by atoms with van der Waals surface area (Å²) < 4.78 is 7.13. The Morgan fingerprint density at radius 1 is 1.00 bits per heavy atom. The molecule has 1 aromatic heterocycles. The predicted molar refractivity (Wildman–Crippen MR) is 161 cm³/mol. The van der Waals surface area contributed by atoms with Crippen molar-refractivity contribution in [1.82, 2.24) is 9.88 Å². The first-order valence-corrected chi connectivity index (χ1v) is 14.9. The zero-order valence-electron chi connectivity index (χ0n) is 24.7. The zero-order valence-corrected chi connectivity index (χ0v) is 24.7. The van der Waals surface area contributed by atoms with Crippen LogP contribution < -0.4 is 0 Å². The molecule has 1 unspecified atom stereocenters. The number of aromatic hydroxyl groups is 1. The summed E-state index contributed by atoms with van der Waals surface area (Å²) in [7, 11) is 0. The summed E-state index contributed by atoms with van der Waals surface area (Å²) >= 11 is 0. The van der Waals surface area contributed by atoms with Crippen molar-refractivity contribution in [2.45, 2.75) is 90.9 Å². The predicted octanol–water partition coefficient (Wildman–Crippen LogP) is 8.46. The topological polar surface area (TPSA) is 45.6 Å². The summed E-state index contributed by atoms with van der Waals surface area (Å²) in [5.74, 6) is 2.79. The Hall–Kier alpha value is -2.69. The molecular weight excluding hydrogens is 480 g/mol. The van der Waals surface area contributed by atoms with Crippen molar-refractivity contribution in [1.29, 1.82) is 0 Å². The van der Waals surface area contributed by atoms with Crippen LogP contribution in [0.2, 0.25) is 0 Å². The van der Waals surface area contributed by atoms with E-state index in [2.05, 4.69) is 82.3 Å². The van der Waals surface area contributed by atoms with Gasteiger partial charge in [0.1, 0.15) is 5.75 Å². The average molecular weight is 527 g/mol. The van der Waals surface area contributed by atoms with Gasteiger partial charge in [0.15, 0.2) is 0 Å². The molecule has 5 atom stereocenters. The molecule has 39 heavy (non-hydrogen) atoms. The van der Waals surface area contributed by atoms with E-state index in [1.165, 1.54) is 28.7 Å². The molecule has 0 spiro atoms. The highest BCUT2D eigenvalue weighted by molar-refractivity contribution is 5.83. The highest BCUT2D eigenvalue weighted by Gasteiger charge is 2.43. The molecule has 208 valence electrons. The first-order chi connectivity index (χ1) is 18.7. The fourth-order valence-electron chi connectivity index (χ4n) is 6.95. The van der Waals surface area contributed by atoms with Crippen molar-refractivity contribution in [3.8, 4) is 5.75 Å². The molecule has 4 nitrogen and oxygen atoms in total. The van der Waals surface area contributed by atoms with Gasteiger partial charge in [0.25, 0.3) is 0 Å². The lowest BCUT2D eigenvalue weighted by Crippen LogP contribution is -2.55. The molecule has 3 aromatic rings. The van der Waals surface area contributed by atoms with Crippen LogP contribution in [0, 0.1) is 11.8 Å². The van der Waals surface area contributed by atoms with Crippen molar-refractivity contribution in [2.24, 2.45) is 11.8 Å². The molecule has 2 bridgehead atoms. The van der Waals surface area contributed by atoms with Gasteiger partial charge < -0.3 is 9.84 Å². The number of hydrogen-bond acceptors (Lipinski definition) is 4. The maximum Gasteiger partial charge on any atom is 0.116 e. The van der Waals surface area contributed by atoms with Gasteiger partial charge in [0, 0.05) is 24.2 Å². The lowest BCUT2D eigenvalue weighted by molar-refractivity contribution is -0.0805. The Kier molecular flexibility index (Phi) is 8.16. The number of rotatable bonds is 9. The van der Waals surface area contributed by atoms with E-state index in [-0.39, 0.29) is 17.9 Å². The summed E-state index contributed by atoms with van der Waals surface area (Å²) in [4.78, 5) is 7.23. The molecule has 6 rings (SSSR count). The highest BCUT2D eigenvalue weighted by atomic mass is 16.5. The van der Waals surface area contributed by atoms with Crippen LogP contribution in [0.15, 0.2) is 55.3 Å². The van der Waals surface area contributed by atoms with Gasteiger partial charge in [-0.3, -0.25) is 9.88 Å². The Labute approximate surface area is 235 Å². The second-order valence-electron chi connectivity index (χ2n) is 12.7. The van der Waals surface area contributed by atoms with Gasteiger partial charge in [-0.15, -0.1) is 6.58 Å². The van der Waals surface area contributed by atoms with Gasteiger partial charge in [0.05, 0.1) is 18.2 Å².